The molecule has 2 fully saturated rings. The Morgan fingerprint density at radius 3 is 2.28 bits per heavy atom. The van der Waals surface area contributed by atoms with Gasteiger partial charge in [0.05, 0.1) is 5.56 Å². The van der Waals surface area contributed by atoms with Gasteiger partial charge in [-0.25, -0.2) is 0 Å². The Morgan fingerprint density at radius 1 is 1.00 bits per heavy atom. The molecule has 2 bridgehead atoms. The predicted octanol–water partition coefficient (Wildman–Crippen LogP) is 4.93. The topological polar surface area (TPSA) is 50.4 Å². The number of rotatable bonds is 4. The Bertz CT molecular complexity index is 863. The molecule has 0 aliphatic carbocycles. The summed E-state index contributed by atoms with van der Waals surface area (Å²) in [7, 11) is 0. The SMILES string of the molecule is Cl.O=C(NC1CC2CCC(C1)N2)c1cccc(Oc2cccc(C(F)(F)F)c2)c1. The molecule has 29 heavy (non-hydrogen) atoms. The molecule has 0 radical (unpaired) electrons. The Balaban J connectivity index is 0.00000240. The largest absolute Gasteiger partial charge is 0.457 e. The zero-order chi connectivity index (χ0) is 19.7. The Labute approximate surface area is 173 Å². The average molecular weight is 427 g/mol. The fourth-order valence-corrected chi connectivity index (χ4v) is 4.02. The van der Waals surface area contributed by atoms with Gasteiger partial charge in [0.25, 0.3) is 5.91 Å². The Hall–Kier alpha value is -2.25. The first-order valence-corrected chi connectivity index (χ1v) is 9.39. The number of piperidine rings is 1. The van der Waals surface area contributed by atoms with Gasteiger partial charge >= 0.3 is 6.18 Å². The van der Waals surface area contributed by atoms with Crippen LogP contribution in [-0.4, -0.2) is 24.0 Å². The number of nitrogens with one attached hydrogen (secondary N) is 2. The highest BCUT2D eigenvalue weighted by molar-refractivity contribution is 5.94. The predicted molar refractivity (Wildman–Crippen MR) is 106 cm³/mol. The summed E-state index contributed by atoms with van der Waals surface area (Å²) in [6.07, 6.45) is -0.296. The first-order chi connectivity index (χ1) is 13.4. The minimum atomic E-state index is -4.44. The summed E-state index contributed by atoms with van der Waals surface area (Å²) in [6.45, 7) is 0. The van der Waals surface area contributed by atoms with Crippen molar-refractivity contribution in [1.82, 2.24) is 10.6 Å². The van der Waals surface area contributed by atoms with Gasteiger partial charge in [-0.2, -0.15) is 13.2 Å². The van der Waals surface area contributed by atoms with Gasteiger partial charge in [-0.15, -0.1) is 12.4 Å². The summed E-state index contributed by atoms with van der Waals surface area (Å²) in [6, 6.07) is 12.2. The number of ether oxygens (including phenoxy) is 1. The van der Waals surface area contributed by atoms with Crippen LogP contribution in [0.2, 0.25) is 0 Å². The second-order valence-electron chi connectivity index (χ2n) is 7.44. The van der Waals surface area contributed by atoms with Gasteiger partial charge in [-0.05, 0) is 62.1 Å². The third-order valence-corrected chi connectivity index (χ3v) is 5.30. The van der Waals surface area contributed by atoms with Crippen LogP contribution in [0.15, 0.2) is 48.5 Å². The van der Waals surface area contributed by atoms with Crippen molar-refractivity contribution in [3.8, 4) is 11.5 Å². The van der Waals surface area contributed by atoms with Gasteiger partial charge in [0.1, 0.15) is 11.5 Å². The van der Waals surface area contributed by atoms with Crippen molar-refractivity contribution in [3.63, 3.8) is 0 Å². The molecule has 2 heterocycles. The number of carbonyl (C=O) groups excluding carboxylic acids is 1. The van der Waals surface area contributed by atoms with E-state index in [0.29, 0.717) is 23.4 Å². The van der Waals surface area contributed by atoms with Gasteiger partial charge < -0.3 is 15.4 Å². The van der Waals surface area contributed by atoms with E-state index in [0.717, 1.165) is 37.8 Å². The van der Waals surface area contributed by atoms with Crippen LogP contribution in [0.3, 0.4) is 0 Å². The summed E-state index contributed by atoms with van der Waals surface area (Å²) in [5.41, 5.74) is -0.352. The molecule has 0 aromatic heterocycles. The second-order valence-corrected chi connectivity index (χ2v) is 7.44. The third-order valence-electron chi connectivity index (χ3n) is 5.30. The number of amides is 1. The monoisotopic (exact) mass is 426 g/mol. The molecule has 2 unspecified atom stereocenters. The maximum atomic E-state index is 12.8. The van der Waals surface area contributed by atoms with E-state index in [1.54, 1.807) is 24.3 Å². The van der Waals surface area contributed by atoms with Gasteiger partial charge in [0, 0.05) is 23.7 Å². The molecule has 2 aliphatic rings. The van der Waals surface area contributed by atoms with Crippen LogP contribution in [0.1, 0.15) is 41.6 Å². The summed E-state index contributed by atoms with van der Waals surface area (Å²) in [5, 5.41) is 6.61. The van der Waals surface area contributed by atoms with Crippen molar-refractivity contribution in [2.24, 2.45) is 0 Å². The van der Waals surface area contributed by atoms with Gasteiger partial charge in [0.15, 0.2) is 0 Å². The minimum Gasteiger partial charge on any atom is -0.457 e. The van der Waals surface area contributed by atoms with Crippen molar-refractivity contribution in [2.75, 3.05) is 0 Å². The van der Waals surface area contributed by atoms with E-state index in [-0.39, 0.29) is 30.1 Å². The highest BCUT2D eigenvalue weighted by Gasteiger charge is 2.34. The molecule has 2 N–H and O–H groups in total. The van der Waals surface area contributed by atoms with Crippen LogP contribution in [0.25, 0.3) is 0 Å². The quantitative estimate of drug-likeness (QED) is 0.728. The number of carbonyl (C=O) groups is 1. The molecule has 1 amide bonds. The normalized spacial score (nSPS) is 23.2. The number of hydrogen-bond donors (Lipinski definition) is 2. The summed E-state index contributed by atoms with van der Waals surface area (Å²) < 4.78 is 44.1. The molecule has 156 valence electrons. The van der Waals surface area contributed by atoms with Crippen LogP contribution in [0.4, 0.5) is 13.2 Å². The van der Waals surface area contributed by atoms with Crippen LogP contribution < -0.4 is 15.4 Å². The minimum absolute atomic E-state index is 0. The van der Waals surface area contributed by atoms with E-state index in [1.165, 1.54) is 12.1 Å². The lowest BCUT2D eigenvalue weighted by Gasteiger charge is -2.29. The molecule has 8 heteroatoms. The first-order valence-electron chi connectivity index (χ1n) is 9.39. The zero-order valence-corrected chi connectivity index (χ0v) is 16.4. The molecule has 0 saturated carbocycles. The lowest BCUT2D eigenvalue weighted by molar-refractivity contribution is -0.137. The third kappa shape index (κ3) is 5.22. The molecule has 2 aliphatic heterocycles. The van der Waals surface area contributed by atoms with E-state index in [1.807, 2.05) is 0 Å². The van der Waals surface area contributed by atoms with E-state index < -0.39 is 11.7 Å². The second kappa shape index (κ2) is 8.63. The van der Waals surface area contributed by atoms with Gasteiger partial charge in [0.2, 0.25) is 0 Å². The maximum absolute atomic E-state index is 12.8. The molecule has 2 aromatic carbocycles. The fourth-order valence-electron chi connectivity index (χ4n) is 4.02. The molecule has 2 saturated heterocycles. The molecular formula is C21H22ClF3N2O2. The van der Waals surface area contributed by atoms with Crippen molar-refractivity contribution in [1.29, 1.82) is 0 Å². The van der Waals surface area contributed by atoms with Crippen molar-refractivity contribution in [3.05, 3.63) is 59.7 Å². The van der Waals surface area contributed by atoms with Crippen molar-refractivity contribution < 1.29 is 22.7 Å². The van der Waals surface area contributed by atoms with E-state index in [4.69, 9.17) is 4.74 Å². The molecule has 2 atom stereocenters. The maximum Gasteiger partial charge on any atom is 0.416 e. The number of alkyl halides is 3. The molecular weight excluding hydrogens is 405 g/mol. The smallest absolute Gasteiger partial charge is 0.416 e. The summed E-state index contributed by atoms with van der Waals surface area (Å²) >= 11 is 0. The Kier molecular flexibility index (Phi) is 6.39. The highest BCUT2D eigenvalue weighted by atomic mass is 35.5. The average Bonchev–Trinajstić information content (AvgIpc) is 3.00. The van der Waals surface area contributed by atoms with E-state index >= 15 is 0 Å². The van der Waals surface area contributed by atoms with Crippen LogP contribution in [0.5, 0.6) is 11.5 Å². The van der Waals surface area contributed by atoms with Gasteiger partial charge in [-0.3, -0.25) is 4.79 Å². The number of fused-ring (bicyclic) bond motifs is 2. The van der Waals surface area contributed by atoms with Crippen LogP contribution in [0, 0.1) is 0 Å². The van der Waals surface area contributed by atoms with Crippen LogP contribution >= 0.6 is 12.4 Å². The summed E-state index contributed by atoms with van der Waals surface area (Å²) in [5.74, 6) is 0.195. The number of halogens is 4. The summed E-state index contributed by atoms with van der Waals surface area (Å²) in [4.78, 5) is 12.6. The molecule has 2 aromatic rings. The van der Waals surface area contributed by atoms with Gasteiger partial charge in [-0.1, -0.05) is 12.1 Å². The van der Waals surface area contributed by atoms with Crippen molar-refractivity contribution in [2.45, 2.75) is 50.0 Å². The van der Waals surface area contributed by atoms with E-state index in [9.17, 15) is 18.0 Å². The Morgan fingerprint density at radius 2 is 1.62 bits per heavy atom. The van der Waals surface area contributed by atoms with Crippen molar-refractivity contribution >= 4 is 18.3 Å². The highest BCUT2D eigenvalue weighted by Crippen LogP contribution is 2.33. The van der Waals surface area contributed by atoms with Crippen LogP contribution in [-0.2, 0) is 6.18 Å². The van der Waals surface area contributed by atoms with E-state index in [2.05, 4.69) is 10.6 Å². The first kappa shape index (κ1) is 21.5. The standard InChI is InChI=1S/C21H21F3N2O2.ClH/c22-21(23,24)14-4-2-6-19(10-14)28-18-5-1-3-13(9-18)20(27)26-17-11-15-7-8-16(12-17)25-15;/h1-6,9-10,15-17,25H,7-8,11-12H2,(H,26,27);1H. The number of hydrogen-bond acceptors (Lipinski definition) is 3. The number of benzene rings is 2. The molecule has 4 rings (SSSR count). The zero-order valence-electron chi connectivity index (χ0n) is 15.5. The molecule has 4 nitrogen and oxygen atoms in total. The molecule has 0 spiro atoms. The fraction of sp³-hybridized carbons (Fsp3) is 0.381. The lowest BCUT2D eigenvalue weighted by atomic mass is 9.99. The lowest BCUT2D eigenvalue weighted by Crippen LogP contribution is -2.48.